The summed E-state index contributed by atoms with van der Waals surface area (Å²) in [6, 6.07) is 0. The van der Waals surface area contributed by atoms with Crippen molar-refractivity contribution in [1.29, 1.82) is 0 Å². The van der Waals surface area contributed by atoms with E-state index < -0.39 is 0 Å². The Kier molecular flexibility index (Phi) is 3.85. The molecule has 0 heterocycles. The Balaban J connectivity index is 3.84. The van der Waals surface area contributed by atoms with Gasteiger partial charge < -0.3 is 4.90 Å². The molecule has 52 valence electrons. The molecule has 1 nitrogen and oxygen atoms in total. The van der Waals surface area contributed by atoms with Crippen LogP contribution in [0.25, 0.3) is 0 Å². The standard InChI is InChI=1S/C8H15N/c1-5-7-8(3)9(4)6-2/h6-7H,2,5H2,1,3-4H3/b8-7+. The molecule has 0 aliphatic rings. The predicted molar refractivity (Wildman–Crippen MR) is 42.0 cm³/mol. The van der Waals surface area contributed by atoms with Crippen LogP contribution >= 0.6 is 0 Å². The summed E-state index contributed by atoms with van der Waals surface area (Å²) in [4.78, 5) is 2.00. The van der Waals surface area contributed by atoms with Crippen LogP contribution < -0.4 is 0 Å². The molecule has 0 N–H and O–H groups in total. The molecule has 0 radical (unpaired) electrons. The molecular weight excluding hydrogens is 110 g/mol. The SMILES string of the molecule is C=CN(C)/C(C)=C/CC. The molecule has 0 rings (SSSR count). The van der Waals surface area contributed by atoms with Crippen molar-refractivity contribution >= 4 is 0 Å². The minimum Gasteiger partial charge on any atom is -0.356 e. The van der Waals surface area contributed by atoms with Crippen LogP contribution in [-0.2, 0) is 0 Å². The topological polar surface area (TPSA) is 3.24 Å². The molecule has 0 saturated heterocycles. The first-order chi connectivity index (χ1) is 4.22. The third-order valence-electron chi connectivity index (χ3n) is 1.33. The molecule has 0 fully saturated rings. The Hall–Kier alpha value is -0.720. The van der Waals surface area contributed by atoms with E-state index in [1.165, 1.54) is 5.70 Å². The van der Waals surface area contributed by atoms with Gasteiger partial charge >= 0.3 is 0 Å². The zero-order valence-electron chi connectivity index (χ0n) is 6.52. The zero-order chi connectivity index (χ0) is 7.28. The number of rotatable bonds is 3. The second-order valence-corrected chi connectivity index (χ2v) is 2.05. The quantitative estimate of drug-likeness (QED) is 0.559. The molecule has 0 bridgehead atoms. The molecule has 0 aliphatic heterocycles. The maximum absolute atomic E-state index is 3.65. The lowest BCUT2D eigenvalue weighted by Crippen LogP contribution is -2.05. The van der Waals surface area contributed by atoms with Gasteiger partial charge in [-0.2, -0.15) is 0 Å². The lowest BCUT2D eigenvalue weighted by Gasteiger charge is -2.12. The lowest BCUT2D eigenvalue weighted by molar-refractivity contribution is 0.569. The van der Waals surface area contributed by atoms with E-state index >= 15 is 0 Å². The molecular formula is C8H15N. The third-order valence-corrected chi connectivity index (χ3v) is 1.33. The highest BCUT2D eigenvalue weighted by molar-refractivity contribution is 4.98. The molecule has 0 atom stereocenters. The van der Waals surface area contributed by atoms with Gasteiger partial charge in [0.25, 0.3) is 0 Å². The van der Waals surface area contributed by atoms with Crippen molar-refractivity contribution in [3.63, 3.8) is 0 Å². The highest BCUT2D eigenvalue weighted by atomic mass is 15.1. The van der Waals surface area contributed by atoms with Crippen LogP contribution in [0.3, 0.4) is 0 Å². The summed E-state index contributed by atoms with van der Waals surface area (Å²) in [7, 11) is 1.99. The van der Waals surface area contributed by atoms with Crippen molar-refractivity contribution in [3.8, 4) is 0 Å². The van der Waals surface area contributed by atoms with Gasteiger partial charge in [0, 0.05) is 12.7 Å². The average Bonchev–Trinajstić information content (AvgIpc) is 1.87. The highest BCUT2D eigenvalue weighted by Gasteiger charge is 1.88. The number of hydrogen-bond donors (Lipinski definition) is 0. The zero-order valence-corrected chi connectivity index (χ0v) is 6.52. The van der Waals surface area contributed by atoms with Crippen LogP contribution in [0.5, 0.6) is 0 Å². The van der Waals surface area contributed by atoms with Crippen LogP contribution in [0, 0.1) is 0 Å². The third kappa shape index (κ3) is 2.96. The van der Waals surface area contributed by atoms with Crippen LogP contribution in [0.1, 0.15) is 20.3 Å². The first-order valence-electron chi connectivity index (χ1n) is 3.24. The fourth-order valence-corrected chi connectivity index (χ4v) is 0.583. The molecule has 0 amide bonds. The molecule has 1 heteroatoms. The van der Waals surface area contributed by atoms with Crippen molar-refractivity contribution in [2.45, 2.75) is 20.3 Å². The van der Waals surface area contributed by atoms with E-state index in [0.29, 0.717) is 0 Å². The molecule has 0 aromatic heterocycles. The Labute approximate surface area is 57.7 Å². The van der Waals surface area contributed by atoms with Crippen LogP contribution in [0.4, 0.5) is 0 Å². The monoisotopic (exact) mass is 125 g/mol. The van der Waals surface area contributed by atoms with E-state index in [9.17, 15) is 0 Å². The van der Waals surface area contributed by atoms with E-state index in [1.807, 2.05) is 18.1 Å². The molecule has 0 saturated carbocycles. The molecule has 0 spiro atoms. The second-order valence-electron chi connectivity index (χ2n) is 2.05. The normalized spacial score (nSPS) is 11.2. The first kappa shape index (κ1) is 8.28. The number of allylic oxidation sites excluding steroid dienone is 2. The van der Waals surface area contributed by atoms with Gasteiger partial charge in [0.2, 0.25) is 0 Å². The fourth-order valence-electron chi connectivity index (χ4n) is 0.583. The largest absolute Gasteiger partial charge is 0.356 e. The molecule has 0 aliphatic carbocycles. The minimum atomic E-state index is 1.09. The first-order valence-corrected chi connectivity index (χ1v) is 3.24. The molecule has 0 aromatic rings. The molecule has 9 heavy (non-hydrogen) atoms. The van der Waals surface area contributed by atoms with E-state index in [1.54, 1.807) is 0 Å². The van der Waals surface area contributed by atoms with E-state index in [2.05, 4.69) is 26.5 Å². The van der Waals surface area contributed by atoms with Crippen LogP contribution in [0.15, 0.2) is 24.6 Å². The lowest BCUT2D eigenvalue weighted by atomic mass is 10.3. The Morgan fingerprint density at radius 2 is 2.22 bits per heavy atom. The second kappa shape index (κ2) is 4.19. The summed E-state index contributed by atoms with van der Waals surface area (Å²) in [5, 5.41) is 0. The molecule has 0 unspecified atom stereocenters. The van der Waals surface area contributed by atoms with Crippen molar-refractivity contribution in [3.05, 3.63) is 24.6 Å². The Morgan fingerprint density at radius 3 is 2.56 bits per heavy atom. The number of hydrogen-bond acceptors (Lipinski definition) is 1. The van der Waals surface area contributed by atoms with Gasteiger partial charge in [0.05, 0.1) is 0 Å². The van der Waals surface area contributed by atoms with Gasteiger partial charge in [-0.05, 0) is 19.5 Å². The smallest absolute Gasteiger partial charge is 0.0108 e. The van der Waals surface area contributed by atoms with E-state index in [4.69, 9.17) is 0 Å². The van der Waals surface area contributed by atoms with Gasteiger partial charge in [-0.1, -0.05) is 19.6 Å². The predicted octanol–water partition coefficient (Wildman–Crippen LogP) is 2.38. The summed E-state index contributed by atoms with van der Waals surface area (Å²) < 4.78 is 0. The van der Waals surface area contributed by atoms with Crippen LogP contribution in [-0.4, -0.2) is 11.9 Å². The van der Waals surface area contributed by atoms with Gasteiger partial charge in [-0.15, -0.1) is 0 Å². The summed E-state index contributed by atoms with van der Waals surface area (Å²) in [6.45, 7) is 7.85. The average molecular weight is 125 g/mol. The van der Waals surface area contributed by atoms with Crippen molar-refractivity contribution < 1.29 is 0 Å². The van der Waals surface area contributed by atoms with Gasteiger partial charge in [0.15, 0.2) is 0 Å². The van der Waals surface area contributed by atoms with Gasteiger partial charge in [-0.3, -0.25) is 0 Å². The van der Waals surface area contributed by atoms with Crippen molar-refractivity contribution in [2.24, 2.45) is 0 Å². The Morgan fingerprint density at radius 1 is 1.67 bits per heavy atom. The highest BCUT2D eigenvalue weighted by Crippen LogP contribution is 1.99. The Bertz CT molecular complexity index is 114. The number of nitrogens with zero attached hydrogens (tertiary/aromatic N) is 1. The van der Waals surface area contributed by atoms with Gasteiger partial charge in [0.1, 0.15) is 0 Å². The maximum atomic E-state index is 3.65. The summed E-state index contributed by atoms with van der Waals surface area (Å²) in [5.41, 5.74) is 1.26. The summed E-state index contributed by atoms with van der Waals surface area (Å²) >= 11 is 0. The van der Waals surface area contributed by atoms with Crippen molar-refractivity contribution in [1.82, 2.24) is 4.90 Å². The van der Waals surface area contributed by atoms with Crippen LogP contribution in [0.2, 0.25) is 0 Å². The maximum Gasteiger partial charge on any atom is 0.0108 e. The van der Waals surface area contributed by atoms with Gasteiger partial charge in [-0.25, -0.2) is 0 Å². The fraction of sp³-hybridized carbons (Fsp3) is 0.500. The van der Waals surface area contributed by atoms with Crippen molar-refractivity contribution in [2.75, 3.05) is 7.05 Å². The minimum absolute atomic E-state index is 1.09. The molecule has 0 aromatic carbocycles. The summed E-state index contributed by atoms with van der Waals surface area (Å²) in [6.07, 6.45) is 5.06. The van der Waals surface area contributed by atoms with E-state index in [0.717, 1.165) is 6.42 Å². The van der Waals surface area contributed by atoms with E-state index in [-0.39, 0.29) is 0 Å². The summed E-state index contributed by atoms with van der Waals surface area (Å²) in [5.74, 6) is 0.